The van der Waals surface area contributed by atoms with Crippen molar-refractivity contribution in [2.45, 2.75) is 77.5 Å². The number of carboxylic acids is 1. The van der Waals surface area contributed by atoms with E-state index in [1.807, 2.05) is 6.07 Å². The van der Waals surface area contributed by atoms with Gasteiger partial charge in [-0.15, -0.1) is 4.99 Å². The molecule has 17 nitrogen and oxygen atoms in total. The number of benzene rings is 3. The maximum atomic E-state index is 13.5. The Morgan fingerprint density at radius 1 is 0.772 bits per heavy atom. The lowest BCUT2D eigenvalue weighted by Gasteiger charge is -2.28. The molecule has 3 aromatic rings. The second kappa shape index (κ2) is 22.7. The van der Waals surface area contributed by atoms with Gasteiger partial charge in [0.15, 0.2) is 0 Å². The van der Waals surface area contributed by atoms with Crippen LogP contribution in [0.2, 0.25) is 0 Å². The van der Waals surface area contributed by atoms with Crippen molar-refractivity contribution in [3.63, 3.8) is 0 Å². The average molecular weight is 791 g/mol. The maximum Gasteiger partial charge on any atom is 0.437 e. The van der Waals surface area contributed by atoms with Gasteiger partial charge >= 0.3 is 30.3 Å². The lowest BCUT2D eigenvalue weighted by Crippen LogP contribution is -2.51. The Labute approximate surface area is 331 Å². The zero-order chi connectivity index (χ0) is 41.8. The molecule has 5 amide bonds. The van der Waals surface area contributed by atoms with Gasteiger partial charge in [-0.2, -0.15) is 0 Å². The summed E-state index contributed by atoms with van der Waals surface area (Å²) in [5.74, 6) is -2.60. The van der Waals surface area contributed by atoms with Gasteiger partial charge in [0.1, 0.15) is 31.5 Å². The van der Waals surface area contributed by atoms with Gasteiger partial charge in [-0.3, -0.25) is 4.79 Å². The molecule has 0 saturated carbocycles. The smallest absolute Gasteiger partial charge is 0.437 e. The van der Waals surface area contributed by atoms with Gasteiger partial charge in [0, 0.05) is 26.1 Å². The van der Waals surface area contributed by atoms with E-state index in [0.717, 1.165) is 9.80 Å². The number of hydrogen-bond donors (Lipinski definition) is 4. The number of rotatable bonds is 17. The van der Waals surface area contributed by atoms with Crippen LogP contribution in [0.1, 0.15) is 56.7 Å². The van der Waals surface area contributed by atoms with Gasteiger partial charge in [-0.05, 0) is 50.3 Å². The van der Waals surface area contributed by atoms with Crippen LogP contribution in [-0.2, 0) is 48.4 Å². The SMILES string of the molecule is CN(C(=O)C[C@H](CCCN(C(=O)OCc1ccccc1)/C(N)=N/C(=O)OCc1ccccc1)NC(=O)OCc1ccccc1)C(CNC(=O)OC(C)(C)C)C(=O)O. The fourth-order valence-corrected chi connectivity index (χ4v) is 5.07. The quantitative estimate of drug-likeness (QED) is 0.0788. The van der Waals surface area contributed by atoms with E-state index in [2.05, 4.69) is 15.6 Å². The number of hydrogen-bond acceptors (Lipinski definition) is 10. The van der Waals surface area contributed by atoms with Crippen molar-refractivity contribution in [3.8, 4) is 0 Å². The van der Waals surface area contributed by atoms with Gasteiger partial charge in [-0.1, -0.05) is 91.0 Å². The van der Waals surface area contributed by atoms with E-state index in [0.29, 0.717) is 16.7 Å². The zero-order valence-corrected chi connectivity index (χ0v) is 32.4. The second-order valence-corrected chi connectivity index (χ2v) is 13.7. The normalized spacial score (nSPS) is 12.2. The van der Waals surface area contributed by atoms with Crippen LogP contribution in [0.3, 0.4) is 0 Å². The number of nitrogens with two attached hydrogens (primary N) is 1. The number of guanidine groups is 1. The lowest BCUT2D eigenvalue weighted by molar-refractivity contribution is -0.149. The van der Waals surface area contributed by atoms with E-state index >= 15 is 0 Å². The first-order valence-electron chi connectivity index (χ1n) is 18.1. The number of aliphatic carboxylic acids is 1. The van der Waals surface area contributed by atoms with Crippen LogP contribution < -0.4 is 16.4 Å². The first kappa shape index (κ1) is 44.7. The Balaban J connectivity index is 1.75. The standard InChI is InChI=1S/C40H50N6O11/c1-40(2,3)57-36(50)42-24-32(34(48)49)45(4)33(47)23-31(43-37(51)54-25-28-15-8-5-9-16-28)21-14-22-46(39(53)56-27-30-19-12-7-13-20-30)35(41)44-38(52)55-26-29-17-10-6-11-18-29/h5-13,15-20,31-32H,14,21-27H2,1-4H3,(H,42,50)(H,43,51)(H,48,49)(H2,41,44,52)/t31-,32?/m0/s1. The highest BCUT2D eigenvalue weighted by Gasteiger charge is 2.30. The monoisotopic (exact) mass is 790 g/mol. The summed E-state index contributed by atoms with van der Waals surface area (Å²) in [7, 11) is 1.25. The summed E-state index contributed by atoms with van der Waals surface area (Å²) < 4.78 is 21.2. The third kappa shape index (κ3) is 17.1. The number of nitrogens with one attached hydrogen (secondary N) is 2. The third-order valence-corrected chi connectivity index (χ3v) is 7.99. The molecule has 2 atom stereocenters. The van der Waals surface area contributed by atoms with Crippen LogP contribution in [0.25, 0.3) is 0 Å². The topological polar surface area (TPSA) is 228 Å². The van der Waals surface area contributed by atoms with Crippen molar-refractivity contribution in [2.24, 2.45) is 10.7 Å². The largest absolute Gasteiger partial charge is 0.480 e. The van der Waals surface area contributed by atoms with Crippen LogP contribution in [0.4, 0.5) is 19.2 Å². The number of aliphatic imine (C=N–C) groups is 1. The molecule has 3 rings (SSSR count). The third-order valence-electron chi connectivity index (χ3n) is 7.99. The van der Waals surface area contributed by atoms with Crippen molar-refractivity contribution >= 4 is 42.2 Å². The Morgan fingerprint density at radius 2 is 1.28 bits per heavy atom. The predicted octanol–water partition coefficient (Wildman–Crippen LogP) is 5.18. The molecule has 0 radical (unpaired) electrons. The van der Waals surface area contributed by atoms with E-state index < -0.39 is 72.9 Å². The molecule has 1 unspecified atom stereocenters. The van der Waals surface area contributed by atoms with E-state index in [4.69, 9.17) is 24.7 Å². The highest BCUT2D eigenvalue weighted by Crippen LogP contribution is 2.13. The fourth-order valence-electron chi connectivity index (χ4n) is 5.07. The number of likely N-dealkylation sites (N-methyl/N-ethyl adjacent to an activating group) is 1. The van der Waals surface area contributed by atoms with Crippen LogP contribution in [0.5, 0.6) is 0 Å². The van der Waals surface area contributed by atoms with Crippen molar-refractivity contribution in [2.75, 3.05) is 20.1 Å². The Bertz CT molecular complexity index is 1800. The highest BCUT2D eigenvalue weighted by molar-refractivity contribution is 5.98. The summed E-state index contributed by atoms with van der Waals surface area (Å²) >= 11 is 0. The molecule has 0 aliphatic rings. The van der Waals surface area contributed by atoms with E-state index in [1.165, 1.54) is 7.05 Å². The molecule has 0 heterocycles. The molecule has 0 spiro atoms. The molecule has 5 N–H and O–H groups in total. The van der Waals surface area contributed by atoms with Crippen LogP contribution in [0, 0.1) is 0 Å². The number of carbonyl (C=O) groups excluding carboxylic acids is 5. The van der Waals surface area contributed by atoms with Gasteiger partial charge in [0.25, 0.3) is 0 Å². The van der Waals surface area contributed by atoms with Gasteiger partial charge in [-0.25, -0.2) is 28.9 Å². The first-order valence-corrected chi connectivity index (χ1v) is 18.1. The summed E-state index contributed by atoms with van der Waals surface area (Å²) in [5.41, 5.74) is 7.41. The van der Waals surface area contributed by atoms with Gasteiger partial charge in [0.05, 0.1) is 6.54 Å². The Morgan fingerprint density at radius 3 is 1.79 bits per heavy atom. The minimum Gasteiger partial charge on any atom is -0.480 e. The molecular formula is C40H50N6O11. The summed E-state index contributed by atoms with van der Waals surface area (Å²) in [6.07, 6.45) is -4.01. The van der Waals surface area contributed by atoms with Crippen molar-refractivity contribution in [3.05, 3.63) is 108 Å². The predicted molar refractivity (Wildman–Crippen MR) is 207 cm³/mol. The number of nitrogens with zero attached hydrogens (tertiary/aromatic N) is 3. The lowest BCUT2D eigenvalue weighted by atomic mass is 10.1. The van der Waals surface area contributed by atoms with E-state index in [9.17, 15) is 33.9 Å². The number of alkyl carbamates (subject to hydrolysis) is 2. The number of ether oxygens (including phenoxy) is 4. The van der Waals surface area contributed by atoms with Gasteiger partial charge < -0.3 is 45.3 Å². The number of carboxylic acid groups (broad SMARTS) is 1. The Kier molecular flexibility index (Phi) is 17.8. The van der Waals surface area contributed by atoms with Crippen LogP contribution >= 0.6 is 0 Å². The summed E-state index contributed by atoms with van der Waals surface area (Å²) in [5, 5.41) is 14.9. The molecular weight excluding hydrogens is 740 g/mol. The number of amides is 5. The summed E-state index contributed by atoms with van der Waals surface area (Å²) in [4.78, 5) is 82.3. The summed E-state index contributed by atoms with van der Waals surface area (Å²) in [6, 6.07) is 24.1. The maximum absolute atomic E-state index is 13.5. The molecule has 0 bridgehead atoms. The first-order chi connectivity index (χ1) is 27.1. The van der Waals surface area contributed by atoms with Crippen LogP contribution in [-0.4, -0.2) is 94.9 Å². The van der Waals surface area contributed by atoms with Crippen molar-refractivity contribution < 1.29 is 52.8 Å². The van der Waals surface area contributed by atoms with Crippen molar-refractivity contribution in [1.29, 1.82) is 0 Å². The molecule has 0 aromatic heterocycles. The molecule has 17 heteroatoms. The summed E-state index contributed by atoms with van der Waals surface area (Å²) in [6.45, 7) is 4.00. The molecule has 3 aromatic carbocycles. The van der Waals surface area contributed by atoms with E-state index in [1.54, 1.807) is 106 Å². The molecule has 0 saturated heterocycles. The van der Waals surface area contributed by atoms with Crippen molar-refractivity contribution in [1.82, 2.24) is 20.4 Å². The molecule has 306 valence electrons. The molecule has 0 aliphatic heterocycles. The second-order valence-electron chi connectivity index (χ2n) is 13.7. The fraction of sp³-hybridized carbons (Fsp3) is 0.375. The zero-order valence-electron chi connectivity index (χ0n) is 32.4. The minimum atomic E-state index is -1.48. The van der Waals surface area contributed by atoms with Crippen LogP contribution in [0.15, 0.2) is 96.0 Å². The minimum absolute atomic E-state index is 0.0299. The Hall–Kier alpha value is -6.65. The number of carbonyl (C=O) groups is 6. The van der Waals surface area contributed by atoms with E-state index in [-0.39, 0.29) is 39.2 Å². The molecule has 0 fully saturated rings. The molecule has 57 heavy (non-hydrogen) atoms. The average Bonchev–Trinajstić information content (AvgIpc) is 3.17. The van der Waals surface area contributed by atoms with Gasteiger partial charge in [0.2, 0.25) is 11.9 Å². The molecule has 0 aliphatic carbocycles. The highest BCUT2D eigenvalue weighted by atomic mass is 16.6.